The van der Waals surface area contributed by atoms with Crippen molar-refractivity contribution in [3.63, 3.8) is 0 Å². The average molecular weight is 234 g/mol. The van der Waals surface area contributed by atoms with E-state index in [9.17, 15) is 0 Å². The van der Waals surface area contributed by atoms with Crippen LogP contribution in [0.15, 0.2) is 0 Å². The standard InChI is InChI=1S/C12H24ClNO/c1-10(2)12(6-7-13)14-9-11-5-3-4-8-15-11/h10-12,14H,3-9H2,1-2H3. The second-order valence-electron chi connectivity index (χ2n) is 4.72. The second kappa shape index (κ2) is 7.48. The molecule has 0 bridgehead atoms. The van der Waals surface area contributed by atoms with E-state index < -0.39 is 0 Å². The van der Waals surface area contributed by atoms with E-state index in [2.05, 4.69) is 19.2 Å². The van der Waals surface area contributed by atoms with Crippen LogP contribution in [0.25, 0.3) is 0 Å². The van der Waals surface area contributed by atoms with Gasteiger partial charge in [0.2, 0.25) is 0 Å². The fourth-order valence-corrected chi connectivity index (χ4v) is 2.27. The van der Waals surface area contributed by atoms with Crippen LogP contribution in [0.3, 0.4) is 0 Å². The van der Waals surface area contributed by atoms with Crippen molar-refractivity contribution in [1.82, 2.24) is 5.32 Å². The normalized spacial score (nSPS) is 24.4. The molecule has 1 saturated heterocycles. The third-order valence-corrected chi connectivity index (χ3v) is 3.32. The Morgan fingerprint density at radius 1 is 1.40 bits per heavy atom. The average Bonchev–Trinajstić information content (AvgIpc) is 2.25. The highest BCUT2D eigenvalue weighted by Gasteiger charge is 2.17. The first-order valence-corrected chi connectivity index (χ1v) is 6.68. The van der Waals surface area contributed by atoms with Crippen molar-refractivity contribution in [2.45, 2.75) is 51.7 Å². The quantitative estimate of drug-likeness (QED) is 0.713. The van der Waals surface area contributed by atoms with E-state index in [0.717, 1.165) is 25.5 Å². The van der Waals surface area contributed by atoms with E-state index in [1.165, 1.54) is 19.3 Å². The molecule has 1 N–H and O–H groups in total. The van der Waals surface area contributed by atoms with Crippen LogP contribution in [0.5, 0.6) is 0 Å². The Labute approximate surface area is 98.7 Å². The molecule has 0 aromatic carbocycles. The minimum Gasteiger partial charge on any atom is -0.377 e. The van der Waals surface area contributed by atoms with Gasteiger partial charge in [-0.25, -0.2) is 0 Å². The zero-order chi connectivity index (χ0) is 11.1. The summed E-state index contributed by atoms with van der Waals surface area (Å²) >= 11 is 5.79. The molecule has 1 aliphatic heterocycles. The number of hydrogen-bond acceptors (Lipinski definition) is 2. The van der Waals surface area contributed by atoms with E-state index in [4.69, 9.17) is 16.3 Å². The van der Waals surface area contributed by atoms with Crippen LogP contribution in [0, 0.1) is 5.92 Å². The van der Waals surface area contributed by atoms with Gasteiger partial charge >= 0.3 is 0 Å². The number of rotatable bonds is 6. The van der Waals surface area contributed by atoms with Crippen molar-refractivity contribution in [2.75, 3.05) is 19.0 Å². The van der Waals surface area contributed by atoms with Crippen LogP contribution in [-0.2, 0) is 4.74 Å². The lowest BCUT2D eigenvalue weighted by atomic mass is 10.0. The maximum atomic E-state index is 5.79. The number of alkyl halides is 1. The van der Waals surface area contributed by atoms with Crippen molar-refractivity contribution in [3.8, 4) is 0 Å². The van der Waals surface area contributed by atoms with Crippen LogP contribution < -0.4 is 5.32 Å². The van der Waals surface area contributed by atoms with Crippen LogP contribution in [0.4, 0.5) is 0 Å². The molecule has 90 valence electrons. The largest absolute Gasteiger partial charge is 0.377 e. The molecule has 0 amide bonds. The van der Waals surface area contributed by atoms with E-state index in [1.54, 1.807) is 0 Å². The maximum Gasteiger partial charge on any atom is 0.0699 e. The van der Waals surface area contributed by atoms with Gasteiger partial charge < -0.3 is 10.1 Å². The molecule has 3 heteroatoms. The molecule has 2 atom stereocenters. The Balaban J connectivity index is 2.19. The summed E-state index contributed by atoms with van der Waals surface area (Å²) in [5.41, 5.74) is 0. The SMILES string of the molecule is CC(C)C(CCCl)NCC1CCCCO1. The molecule has 0 radical (unpaired) electrons. The predicted molar refractivity (Wildman–Crippen MR) is 65.6 cm³/mol. The molecule has 1 heterocycles. The molecular weight excluding hydrogens is 210 g/mol. The summed E-state index contributed by atoms with van der Waals surface area (Å²) in [6, 6.07) is 0.535. The lowest BCUT2D eigenvalue weighted by molar-refractivity contribution is 0.0144. The van der Waals surface area contributed by atoms with Crippen LogP contribution in [0.1, 0.15) is 39.5 Å². The molecule has 0 saturated carbocycles. The zero-order valence-corrected chi connectivity index (χ0v) is 10.7. The third-order valence-electron chi connectivity index (χ3n) is 3.11. The van der Waals surface area contributed by atoms with Gasteiger partial charge in [-0.15, -0.1) is 11.6 Å². The van der Waals surface area contributed by atoms with Gasteiger partial charge in [-0.2, -0.15) is 0 Å². The van der Waals surface area contributed by atoms with Crippen molar-refractivity contribution < 1.29 is 4.74 Å². The Morgan fingerprint density at radius 3 is 2.73 bits per heavy atom. The van der Waals surface area contributed by atoms with Crippen molar-refractivity contribution in [3.05, 3.63) is 0 Å². The number of hydrogen-bond donors (Lipinski definition) is 1. The Kier molecular flexibility index (Phi) is 6.62. The highest BCUT2D eigenvalue weighted by atomic mass is 35.5. The minimum atomic E-state index is 0.426. The van der Waals surface area contributed by atoms with Gasteiger partial charge in [0.1, 0.15) is 0 Å². The first-order valence-electron chi connectivity index (χ1n) is 6.15. The van der Waals surface area contributed by atoms with Crippen LogP contribution >= 0.6 is 11.6 Å². The Bertz CT molecular complexity index is 158. The molecule has 2 unspecified atom stereocenters. The molecule has 1 aliphatic rings. The van der Waals surface area contributed by atoms with E-state index >= 15 is 0 Å². The molecular formula is C12H24ClNO. The molecule has 2 nitrogen and oxygen atoms in total. The first kappa shape index (κ1) is 13.3. The van der Waals surface area contributed by atoms with Gasteiger partial charge in [-0.3, -0.25) is 0 Å². The highest BCUT2D eigenvalue weighted by Crippen LogP contribution is 2.13. The van der Waals surface area contributed by atoms with Crippen molar-refractivity contribution >= 4 is 11.6 Å². The van der Waals surface area contributed by atoms with Crippen molar-refractivity contribution in [2.24, 2.45) is 5.92 Å². The lowest BCUT2D eigenvalue weighted by Crippen LogP contribution is -2.41. The summed E-state index contributed by atoms with van der Waals surface area (Å²) in [4.78, 5) is 0. The summed E-state index contributed by atoms with van der Waals surface area (Å²) in [5.74, 6) is 1.38. The summed E-state index contributed by atoms with van der Waals surface area (Å²) in [6.45, 7) is 6.41. The van der Waals surface area contributed by atoms with Crippen molar-refractivity contribution in [1.29, 1.82) is 0 Å². The van der Waals surface area contributed by atoms with Gasteiger partial charge in [0, 0.05) is 25.1 Å². The zero-order valence-electron chi connectivity index (χ0n) is 9.97. The third kappa shape index (κ3) is 5.19. The molecule has 0 aliphatic carbocycles. The van der Waals surface area contributed by atoms with Gasteiger partial charge in [-0.1, -0.05) is 13.8 Å². The van der Waals surface area contributed by atoms with Crippen LogP contribution in [-0.4, -0.2) is 31.2 Å². The van der Waals surface area contributed by atoms with E-state index in [-0.39, 0.29) is 0 Å². The summed E-state index contributed by atoms with van der Waals surface area (Å²) in [6.07, 6.45) is 5.22. The molecule has 0 aromatic rings. The van der Waals surface area contributed by atoms with E-state index in [0.29, 0.717) is 18.1 Å². The topological polar surface area (TPSA) is 21.3 Å². The number of halogens is 1. The fraction of sp³-hybridized carbons (Fsp3) is 1.00. The first-order chi connectivity index (χ1) is 7.24. The monoisotopic (exact) mass is 233 g/mol. The summed E-state index contributed by atoms with van der Waals surface area (Å²) in [7, 11) is 0. The molecule has 0 aromatic heterocycles. The van der Waals surface area contributed by atoms with Gasteiger partial charge in [-0.05, 0) is 31.6 Å². The molecule has 0 spiro atoms. The molecule has 15 heavy (non-hydrogen) atoms. The maximum absolute atomic E-state index is 5.79. The summed E-state index contributed by atoms with van der Waals surface area (Å²) in [5, 5.41) is 3.58. The summed E-state index contributed by atoms with van der Waals surface area (Å²) < 4.78 is 5.69. The smallest absolute Gasteiger partial charge is 0.0699 e. The Morgan fingerprint density at radius 2 is 2.20 bits per heavy atom. The number of nitrogens with one attached hydrogen (secondary N) is 1. The second-order valence-corrected chi connectivity index (χ2v) is 5.10. The van der Waals surface area contributed by atoms with Crippen LogP contribution in [0.2, 0.25) is 0 Å². The fourth-order valence-electron chi connectivity index (χ4n) is 2.04. The number of ether oxygens (including phenoxy) is 1. The van der Waals surface area contributed by atoms with E-state index in [1.807, 2.05) is 0 Å². The minimum absolute atomic E-state index is 0.426. The molecule has 1 rings (SSSR count). The Hall–Kier alpha value is 0.210. The predicted octanol–water partition coefficient (Wildman–Crippen LogP) is 2.80. The van der Waals surface area contributed by atoms with Gasteiger partial charge in [0.15, 0.2) is 0 Å². The highest BCUT2D eigenvalue weighted by molar-refractivity contribution is 6.17. The van der Waals surface area contributed by atoms with Gasteiger partial charge in [0.25, 0.3) is 0 Å². The molecule has 1 fully saturated rings. The lowest BCUT2D eigenvalue weighted by Gasteiger charge is -2.27. The van der Waals surface area contributed by atoms with Gasteiger partial charge in [0.05, 0.1) is 6.10 Å².